The molecule has 0 atom stereocenters. The zero-order chi connectivity index (χ0) is 15.4. The zero-order valence-electron chi connectivity index (χ0n) is 11.7. The molecule has 0 saturated carbocycles. The Hall–Kier alpha value is -2.09. The van der Waals surface area contributed by atoms with Crippen LogP contribution in [0, 0.1) is 3.77 Å². The highest BCUT2D eigenvalue weighted by Crippen LogP contribution is 2.11. The molecule has 3 rings (SSSR count). The van der Waals surface area contributed by atoms with E-state index in [1.54, 1.807) is 6.08 Å². The summed E-state index contributed by atoms with van der Waals surface area (Å²) in [5.74, 6) is 0.523. The predicted octanol–water partition coefficient (Wildman–Crippen LogP) is 2.90. The summed E-state index contributed by atoms with van der Waals surface area (Å²) in [6.45, 7) is 0.544. The molecule has 3 aromatic rings. The molecule has 112 valence electrons. The van der Waals surface area contributed by atoms with Gasteiger partial charge in [0.15, 0.2) is 3.77 Å². The molecule has 3 aromatic heterocycles. The molecule has 1 amide bonds. The number of nitrogens with one attached hydrogen (secondary N) is 1. The minimum absolute atomic E-state index is 0.143. The lowest BCUT2D eigenvalue weighted by molar-refractivity contribution is -0.116. The van der Waals surface area contributed by atoms with Gasteiger partial charge in [0, 0.05) is 31.4 Å². The average Bonchev–Trinajstić information content (AvgIpc) is 3.10. The first-order valence-electron chi connectivity index (χ1n) is 6.84. The number of imidazole rings is 1. The molecular formula is C16H14IN3O2. The van der Waals surface area contributed by atoms with E-state index in [1.165, 1.54) is 6.08 Å². The number of nitrogens with zero attached hydrogens (tertiary/aromatic N) is 2. The number of carbonyl (C=O) groups excluding carboxylic acids is 1. The van der Waals surface area contributed by atoms with Crippen LogP contribution in [0.2, 0.25) is 0 Å². The summed E-state index contributed by atoms with van der Waals surface area (Å²) in [5, 5.41) is 2.83. The highest BCUT2D eigenvalue weighted by molar-refractivity contribution is 14.1. The molecule has 0 radical (unpaired) electrons. The van der Waals surface area contributed by atoms with Crippen LogP contribution in [0.5, 0.6) is 0 Å². The largest absolute Gasteiger partial charge is 0.451 e. The quantitative estimate of drug-likeness (QED) is 0.523. The highest BCUT2D eigenvalue weighted by atomic mass is 127. The summed E-state index contributed by atoms with van der Waals surface area (Å²) in [5.41, 5.74) is 1.87. The SMILES string of the molecule is O=C(/C=C/c1ccc(I)o1)NCCc1cn2ccccc2n1. The Bertz CT molecular complexity index is 787. The number of fused-ring (bicyclic) bond motifs is 1. The number of carbonyl (C=O) groups is 1. The van der Waals surface area contributed by atoms with Gasteiger partial charge in [-0.2, -0.15) is 0 Å². The summed E-state index contributed by atoms with van der Waals surface area (Å²) in [6.07, 6.45) is 7.75. The molecular weight excluding hydrogens is 393 g/mol. The summed E-state index contributed by atoms with van der Waals surface area (Å²) in [6, 6.07) is 9.54. The van der Waals surface area contributed by atoms with Gasteiger partial charge in [-0.15, -0.1) is 0 Å². The fourth-order valence-corrected chi connectivity index (χ4v) is 2.49. The Balaban J connectivity index is 1.50. The second-order valence-corrected chi connectivity index (χ2v) is 5.78. The van der Waals surface area contributed by atoms with Crippen LogP contribution in [0.25, 0.3) is 11.7 Å². The fourth-order valence-electron chi connectivity index (χ4n) is 2.06. The first-order chi connectivity index (χ1) is 10.7. The topological polar surface area (TPSA) is 59.5 Å². The number of pyridine rings is 1. The van der Waals surface area contributed by atoms with Crippen LogP contribution < -0.4 is 5.32 Å². The molecule has 0 aliphatic heterocycles. The van der Waals surface area contributed by atoms with Crippen molar-refractivity contribution in [1.82, 2.24) is 14.7 Å². The van der Waals surface area contributed by atoms with Crippen LogP contribution in [-0.4, -0.2) is 21.8 Å². The maximum absolute atomic E-state index is 11.7. The second-order valence-electron chi connectivity index (χ2n) is 4.71. The third-order valence-electron chi connectivity index (χ3n) is 3.09. The number of furan rings is 1. The van der Waals surface area contributed by atoms with Gasteiger partial charge in [-0.25, -0.2) is 4.98 Å². The highest BCUT2D eigenvalue weighted by Gasteiger charge is 2.02. The maximum atomic E-state index is 11.7. The lowest BCUT2D eigenvalue weighted by Crippen LogP contribution is -2.23. The van der Waals surface area contributed by atoms with E-state index in [-0.39, 0.29) is 5.91 Å². The molecule has 0 bridgehead atoms. The van der Waals surface area contributed by atoms with Crippen molar-refractivity contribution in [3.63, 3.8) is 0 Å². The van der Waals surface area contributed by atoms with Gasteiger partial charge in [-0.3, -0.25) is 4.79 Å². The van der Waals surface area contributed by atoms with E-state index in [0.717, 1.165) is 15.1 Å². The van der Waals surface area contributed by atoms with E-state index in [9.17, 15) is 4.79 Å². The average molecular weight is 407 g/mol. The number of aromatic nitrogens is 2. The molecule has 0 saturated heterocycles. The molecule has 22 heavy (non-hydrogen) atoms. The predicted molar refractivity (Wildman–Crippen MR) is 92.4 cm³/mol. The Kier molecular flexibility index (Phi) is 4.57. The third-order valence-corrected chi connectivity index (χ3v) is 3.67. The summed E-state index contributed by atoms with van der Waals surface area (Å²) < 4.78 is 8.11. The van der Waals surface area contributed by atoms with Crippen molar-refractivity contribution < 1.29 is 9.21 Å². The number of rotatable bonds is 5. The Morgan fingerprint density at radius 3 is 3.05 bits per heavy atom. The number of hydrogen-bond acceptors (Lipinski definition) is 3. The van der Waals surface area contributed by atoms with E-state index in [4.69, 9.17) is 4.42 Å². The fraction of sp³-hybridized carbons (Fsp3) is 0.125. The molecule has 3 heterocycles. The summed E-state index contributed by atoms with van der Waals surface area (Å²) in [7, 11) is 0. The van der Waals surface area contributed by atoms with Gasteiger partial charge >= 0.3 is 0 Å². The molecule has 0 unspecified atom stereocenters. The third kappa shape index (κ3) is 3.76. The van der Waals surface area contributed by atoms with Crippen LogP contribution in [0.1, 0.15) is 11.5 Å². The lowest BCUT2D eigenvalue weighted by atomic mass is 10.3. The van der Waals surface area contributed by atoms with Crippen molar-refractivity contribution in [3.05, 3.63) is 64.0 Å². The minimum Gasteiger partial charge on any atom is -0.451 e. The van der Waals surface area contributed by atoms with Gasteiger partial charge in [-0.05, 0) is 52.9 Å². The molecule has 0 aliphatic carbocycles. The van der Waals surface area contributed by atoms with Crippen LogP contribution in [-0.2, 0) is 11.2 Å². The van der Waals surface area contributed by atoms with Crippen molar-refractivity contribution in [2.75, 3.05) is 6.54 Å². The van der Waals surface area contributed by atoms with E-state index in [0.29, 0.717) is 18.7 Å². The monoisotopic (exact) mass is 407 g/mol. The second kappa shape index (κ2) is 6.78. The van der Waals surface area contributed by atoms with Crippen LogP contribution in [0.15, 0.2) is 53.2 Å². The smallest absolute Gasteiger partial charge is 0.244 e. The van der Waals surface area contributed by atoms with Crippen molar-refractivity contribution in [3.8, 4) is 0 Å². The Labute approximate surface area is 141 Å². The zero-order valence-corrected chi connectivity index (χ0v) is 13.9. The maximum Gasteiger partial charge on any atom is 0.244 e. The van der Waals surface area contributed by atoms with E-state index < -0.39 is 0 Å². The van der Waals surface area contributed by atoms with Crippen LogP contribution in [0.3, 0.4) is 0 Å². The first kappa shape index (κ1) is 14.8. The number of halogens is 1. The van der Waals surface area contributed by atoms with E-state index >= 15 is 0 Å². The van der Waals surface area contributed by atoms with Gasteiger partial charge in [-0.1, -0.05) is 6.07 Å². The molecule has 0 aliphatic rings. The standard InChI is InChI=1S/C16H14IN3O2/c17-14-6-4-13(22-14)5-7-16(21)18-9-8-12-11-20-10-2-1-3-15(20)19-12/h1-7,10-11H,8-9H2,(H,18,21)/b7-5+. The van der Waals surface area contributed by atoms with Crippen LogP contribution >= 0.6 is 22.6 Å². The Morgan fingerprint density at radius 2 is 2.27 bits per heavy atom. The van der Waals surface area contributed by atoms with E-state index in [1.807, 2.05) is 47.1 Å². The molecule has 1 N–H and O–H groups in total. The molecule has 0 spiro atoms. The van der Waals surface area contributed by atoms with Gasteiger partial charge in [0.05, 0.1) is 5.69 Å². The van der Waals surface area contributed by atoms with Gasteiger partial charge < -0.3 is 14.1 Å². The lowest BCUT2D eigenvalue weighted by Gasteiger charge is -1.99. The number of hydrogen-bond donors (Lipinski definition) is 1. The van der Waals surface area contributed by atoms with Gasteiger partial charge in [0.1, 0.15) is 11.4 Å². The molecule has 0 fully saturated rings. The normalized spacial score (nSPS) is 11.3. The van der Waals surface area contributed by atoms with Crippen LogP contribution in [0.4, 0.5) is 0 Å². The molecule has 0 aromatic carbocycles. The van der Waals surface area contributed by atoms with Crippen molar-refractivity contribution >= 4 is 40.2 Å². The number of amides is 1. The molecule has 5 nitrogen and oxygen atoms in total. The van der Waals surface area contributed by atoms with Gasteiger partial charge in [0.25, 0.3) is 0 Å². The van der Waals surface area contributed by atoms with Gasteiger partial charge in [0.2, 0.25) is 5.91 Å². The summed E-state index contributed by atoms with van der Waals surface area (Å²) >= 11 is 2.08. The molecule has 6 heteroatoms. The first-order valence-corrected chi connectivity index (χ1v) is 7.92. The van der Waals surface area contributed by atoms with Crippen molar-refractivity contribution in [2.24, 2.45) is 0 Å². The summed E-state index contributed by atoms with van der Waals surface area (Å²) in [4.78, 5) is 16.2. The Morgan fingerprint density at radius 1 is 1.36 bits per heavy atom. The minimum atomic E-state index is -0.143. The van der Waals surface area contributed by atoms with Crippen molar-refractivity contribution in [2.45, 2.75) is 6.42 Å². The van der Waals surface area contributed by atoms with Crippen molar-refractivity contribution in [1.29, 1.82) is 0 Å². The van der Waals surface area contributed by atoms with E-state index in [2.05, 4.69) is 32.9 Å².